The quantitative estimate of drug-likeness (QED) is 0.786. The van der Waals surface area contributed by atoms with Gasteiger partial charge in [-0.25, -0.2) is 4.39 Å². The van der Waals surface area contributed by atoms with Gasteiger partial charge < -0.3 is 14.5 Å². The number of ether oxygens (including phenoxy) is 1. The van der Waals surface area contributed by atoms with E-state index in [2.05, 4.69) is 0 Å². The number of benzene rings is 1. The highest BCUT2D eigenvalue weighted by atomic mass is 19.1. The van der Waals surface area contributed by atoms with Crippen LogP contribution < -0.4 is 0 Å². The van der Waals surface area contributed by atoms with Crippen LogP contribution in [0, 0.1) is 11.7 Å². The van der Waals surface area contributed by atoms with E-state index in [0.29, 0.717) is 39.4 Å². The third kappa shape index (κ3) is 4.66. The topological polar surface area (TPSA) is 49.9 Å². The molecule has 2 aliphatic rings. The Bertz CT molecular complexity index is 639. The summed E-state index contributed by atoms with van der Waals surface area (Å²) in [5.74, 6) is -0.411. The van der Waals surface area contributed by atoms with Crippen LogP contribution in [0.25, 0.3) is 6.08 Å². The fraction of sp³-hybridized carbons (Fsp3) is 0.474. The molecule has 0 spiro atoms. The van der Waals surface area contributed by atoms with Crippen molar-refractivity contribution in [1.82, 2.24) is 9.80 Å². The van der Waals surface area contributed by atoms with Gasteiger partial charge in [0, 0.05) is 32.3 Å². The number of carbonyl (C=O) groups excluding carboxylic acids is 2. The molecule has 2 aliphatic heterocycles. The molecule has 0 saturated carbocycles. The van der Waals surface area contributed by atoms with Gasteiger partial charge in [-0.3, -0.25) is 9.59 Å². The van der Waals surface area contributed by atoms with Crippen LogP contribution in [0.2, 0.25) is 0 Å². The van der Waals surface area contributed by atoms with Crippen LogP contribution in [0.4, 0.5) is 4.39 Å². The largest absolute Gasteiger partial charge is 0.378 e. The zero-order chi connectivity index (χ0) is 17.6. The van der Waals surface area contributed by atoms with E-state index in [0.717, 1.165) is 18.4 Å². The van der Waals surface area contributed by atoms with Gasteiger partial charge in [-0.2, -0.15) is 0 Å². The maximum atomic E-state index is 12.9. The Balaban J connectivity index is 1.57. The third-order valence-electron chi connectivity index (χ3n) is 4.69. The number of morpholine rings is 1. The zero-order valence-corrected chi connectivity index (χ0v) is 14.2. The Morgan fingerprint density at radius 2 is 1.80 bits per heavy atom. The minimum atomic E-state index is -0.302. The molecule has 1 aromatic rings. The number of nitrogens with zero attached hydrogens (tertiary/aromatic N) is 2. The second-order valence-electron chi connectivity index (χ2n) is 6.45. The van der Waals surface area contributed by atoms with Crippen LogP contribution in [-0.2, 0) is 14.3 Å². The van der Waals surface area contributed by atoms with E-state index in [9.17, 15) is 14.0 Å². The second kappa shape index (κ2) is 8.25. The van der Waals surface area contributed by atoms with Crippen LogP contribution in [0.1, 0.15) is 18.4 Å². The van der Waals surface area contributed by atoms with Gasteiger partial charge >= 0.3 is 0 Å². The van der Waals surface area contributed by atoms with Gasteiger partial charge in [-0.05, 0) is 36.6 Å². The lowest BCUT2D eigenvalue weighted by Crippen LogP contribution is -2.49. The van der Waals surface area contributed by atoms with Crippen molar-refractivity contribution in [1.29, 1.82) is 0 Å². The van der Waals surface area contributed by atoms with Crippen molar-refractivity contribution in [2.24, 2.45) is 5.92 Å². The number of rotatable bonds is 3. The summed E-state index contributed by atoms with van der Waals surface area (Å²) in [6.45, 7) is 3.56. The number of hydrogen-bond donors (Lipinski definition) is 0. The van der Waals surface area contributed by atoms with Crippen molar-refractivity contribution in [3.63, 3.8) is 0 Å². The Labute approximate surface area is 147 Å². The predicted octanol–water partition coefficient (Wildman–Crippen LogP) is 1.94. The van der Waals surface area contributed by atoms with Crippen LogP contribution >= 0.6 is 0 Å². The normalized spacial score (nSPS) is 21.6. The molecule has 0 aliphatic carbocycles. The SMILES string of the molecule is O=C(/C=C/c1ccc(F)cc1)N1CCCC(C(=O)N2CCOCC2)C1. The van der Waals surface area contributed by atoms with Crippen LogP contribution in [0.3, 0.4) is 0 Å². The molecular formula is C19H23FN2O3. The zero-order valence-electron chi connectivity index (χ0n) is 14.2. The molecule has 1 unspecified atom stereocenters. The summed E-state index contributed by atoms with van der Waals surface area (Å²) in [5, 5.41) is 0. The monoisotopic (exact) mass is 346 g/mol. The van der Waals surface area contributed by atoms with Crippen molar-refractivity contribution in [2.75, 3.05) is 39.4 Å². The van der Waals surface area contributed by atoms with E-state index in [1.54, 1.807) is 23.1 Å². The van der Waals surface area contributed by atoms with Gasteiger partial charge in [-0.1, -0.05) is 12.1 Å². The summed E-state index contributed by atoms with van der Waals surface area (Å²) in [7, 11) is 0. The second-order valence-corrected chi connectivity index (χ2v) is 6.45. The average molecular weight is 346 g/mol. The van der Waals surface area contributed by atoms with Gasteiger partial charge in [0.1, 0.15) is 5.82 Å². The van der Waals surface area contributed by atoms with E-state index in [4.69, 9.17) is 4.74 Å². The molecule has 0 N–H and O–H groups in total. The van der Waals surface area contributed by atoms with Crippen LogP contribution in [-0.4, -0.2) is 61.0 Å². The number of carbonyl (C=O) groups is 2. The standard InChI is InChI=1S/C19H23FN2O3/c20-17-6-3-15(4-7-17)5-8-18(23)22-9-1-2-16(14-22)19(24)21-10-12-25-13-11-21/h3-8,16H,1-2,9-14H2/b8-5+. The fourth-order valence-electron chi connectivity index (χ4n) is 3.27. The molecular weight excluding hydrogens is 323 g/mol. The average Bonchev–Trinajstić information content (AvgIpc) is 2.67. The van der Waals surface area contributed by atoms with Crippen molar-refractivity contribution in [3.8, 4) is 0 Å². The van der Waals surface area contributed by atoms with Crippen LogP contribution in [0.15, 0.2) is 30.3 Å². The van der Waals surface area contributed by atoms with E-state index >= 15 is 0 Å². The maximum absolute atomic E-state index is 12.9. The van der Waals surface area contributed by atoms with Gasteiger partial charge in [0.05, 0.1) is 19.1 Å². The number of piperidine rings is 1. The first-order chi connectivity index (χ1) is 12.1. The Morgan fingerprint density at radius 1 is 1.08 bits per heavy atom. The first kappa shape index (κ1) is 17.6. The maximum Gasteiger partial charge on any atom is 0.246 e. The Hall–Kier alpha value is -2.21. The minimum Gasteiger partial charge on any atom is -0.378 e. The van der Waals surface area contributed by atoms with Crippen molar-refractivity contribution in [3.05, 3.63) is 41.7 Å². The molecule has 3 rings (SSSR count). The summed E-state index contributed by atoms with van der Waals surface area (Å²) in [6.07, 6.45) is 4.82. The van der Waals surface area contributed by atoms with E-state index < -0.39 is 0 Å². The summed E-state index contributed by atoms with van der Waals surface area (Å²) < 4.78 is 18.2. The number of hydrogen-bond acceptors (Lipinski definition) is 3. The van der Waals surface area contributed by atoms with E-state index in [-0.39, 0.29) is 23.5 Å². The summed E-state index contributed by atoms with van der Waals surface area (Å²) in [6, 6.07) is 5.98. The number of amides is 2. The van der Waals surface area contributed by atoms with Crippen molar-refractivity contribution in [2.45, 2.75) is 12.8 Å². The lowest BCUT2D eigenvalue weighted by molar-refractivity contribution is -0.143. The smallest absolute Gasteiger partial charge is 0.246 e. The van der Waals surface area contributed by atoms with Gasteiger partial charge in [-0.15, -0.1) is 0 Å². The first-order valence-corrected chi connectivity index (χ1v) is 8.72. The molecule has 1 aromatic carbocycles. The molecule has 2 amide bonds. The first-order valence-electron chi connectivity index (χ1n) is 8.72. The third-order valence-corrected chi connectivity index (χ3v) is 4.69. The molecule has 0 bridgehead atoms. The van der Waals surface area contributed by atoms with Crippen LogP contribution in [0.5, 0.6) is 0 Å². The molecule has 0 radical (unpaired) electrons. The van der Waals surface area contributed by atoms with E-state index in [1.165, 1.54) is 18.2 Å². The van der Waals surface area contributed by atoms with Crippen molar-refractivity contribution >= 4 is 17.9 Å². The Kier molecular flexibility index (Phi) is 5.81. The molecule has 134 valence electrons. The summed E-state index contributed by atoms with van der Waals surface area (Å²) >= 11 is 0. The molecule has 2 fully saturated rings. The number of likely N-dealkylation sites (tertiary alicyclic amines) is 1. The van der Waals surface area contributed by atoms with Crippen molar-refractivity contribution < 1.29 is 18.7 Å². The summed E-state index contributed by atoms with van der Waals surface area (Å²) in [4.78, 5) is 28.6. The molecule has 0 aromatic heterocycles. The molecule has 6 heteroatoms. The van der Waals surface area contributed by atoms with Gasteiger partial charge in [0.25, 0.3) is 0 Å². The molecule has 5 nitrogen and oxygen atoms in total. The molecule has 25 heavy (non-hydrogen) atoms. The van der Waals surface area contributed by atoms with Gasteiger partial charge in [0.2, 0.25) is 11.8 Å². The summed E-state index contributed by atoms with van der Waals surface area (Å²) in [5.41, 5.74) is 0.771. The molecule has 2 saturated heterocycles. The molecule has 2 heterocycles. The Morgan fingerprint density at radius 3 is 2.52 bits per heavy atom. The minimum absolute atomic E-state index is 0.108. The lowest BCUT2D eigenvalue weighted by atomic mass is 9.96. The highest BCUT2D eigenvalue weighted by Gasteiger charge is 2.31. The lowest BCUT2D eigenvalue weighted by Gasteiger charge is -2.35. The highest BCUT2D eigenvalue weighted by molar-refractivity contribution is 5.92. The fourth-order valence-corrected chi connectivity index (χ4v) is 3.27. The number of halogens is 1. The van der Waals surface area contributed by atoms with E-state index in [1.807, 2.05) is 4.90 Å². The predicted molar refractivity (Wildman–Crippen MR) is 92.1 cm³/mol. The van der Waals surface area contributed by atoms with Gasteiger partial charge in [0.15, 0.2) is 0 Å². The highest BCUT2D eigenvalue weighted by Crippen LogP contribution is 2.20. The molecule has 1 atom stereocenters.